The fraction of sp³-hybridized carbons (Fsp3) is 0.409. The highest BCUT2D eigenvalue weighted by Gasteiger charge is 2.24. The monoisotopic (exact) mass is 410 g/mol. The fourth-order valence-corrected chi connectivity index (χ4v) is 6.12. The molecule has 4 heterocycles. The number of thiophene rings is 1. The standard InChI is InChI=1S/C22H26N4S2/c1-7-16(8-2)17-11-12(3)25-26-18(15(6)24-21(17)26)19-13(4)14(5)20(28-19)22-23-9-10-27-22/h9-11,16H,7-8H2,1-6H3. The second kappa shape index (κ2) is 7.41. The van der Waals surface area contributed by atoms with Crippen LogP contribution in [0.25, 0.3) is 26.1 Å². The molecule has 4 nitrogen and oxygen atoms in total. The first-order chi connectivity index (χ1) is 13.5. The fourth-order valence-electron chi connectivity index (χ4n) is 3.93. The Balaban J connectivity index is 1.98. The van der Waals surface area contributed by atoms with Crippen molar-refractivity contribution in [2.45, 2.75) is 60.3 Å². The molecule has 0 N–H and O–H groups in total. The lowest BCUT2D eigenvalue weighted by Crippen LogP contribution is -2.05. The molecule has 0 aliphatic rings. The van der Waals surface area contributed by atoms with Crippen molar-refractivity contribution in [1.29, 1.82) is 0 Å². The van der Waals surface area contributed by atoms with Gasteiger partial charge in [-0.1, -0.05) is 13.8 Å². The van der Waals surface area contributed by atoms with Gasteiger partial charge in [0.25, 0.3) is 0 Å². The zero-order chi connectivity index (χ0) is 20.0. The van der Waals surface area contributed by atoms with Gasteiger partial charge in [0.15, 0.2) is 5.65 Å². The van der Waals surface area contributed by atoms with Gasteiger partial charge in [-0.3, -0.25) is 0 Å². The molecule has 0 atom stereocenters. The van der Waals surface area contributed by atoms with Crippen LogP contribution >= 0.6 is 22.7 Å². The average Bonchev–Trinajstić information content (AvgIpc) is 3.37. The predicted octanol–water partition coefficient (Wildman–Crippen LogP) is 6.72. The molecule has 146 valence electrons. The first-order valence-corrected chi connectivity index (χ1v) is 11.5. The molecule has 0 saturated heterocycles. The third-order valence-electron chi connectivity index (χ3n) is 5.62. The molecule has 0 saturated carbocycles. The molecule has 0 radical (unpaired) electrons. The van der Waals surface area contributed by atoms with Crippen molar-refractivity contribution in [3.05, 3.63) is 45.7 Å². The van der Waals surface area contributed by atoms with Crippen molar-refractivity contribution in [3.63, 3.8) is 0 Å². The van der Waals surface area contributed by atoms with E-state index in [9.17, 15) is 0 Å². The van der Waals surface area contributed by atoms with E-state index in [1.54, 1.807) is 11.3 Å². The zero-order valence-corrected chi connectivity index (χ0v) is 19.0. The summed E-state index contributed by atoms with van der Waals surface area (Å²) in [7, 11) is 0. The van der Waals surface area contributed by atoms with Gasteiger partial charge >= 0.3 is 0 Å². The molecule has 0 aromatic carbocycles. The van der Waals surface area contributed by atoms with E-state index in [4.69, 9.17) is 10.1 Å². The largest absolute Gasteiger partial charge is 0.244 e. The van der Waals surface area contributed by atoms with Crippen molar-refractivity contribution < 1.29 is 0 Å². The number of rotatable bonds is 5. The number of imidazole rings is 1. The third kappa shape index (κ3) is 2.99. The number of aryl methyl sites for hydroxylation is 2. The lowest BCUT2D eigenvalue weighted by atomic mass is 9.95. The Kier molecular flexibility index (Phi) is 5.10. The third-order valence-corrected chi connectivity index (χ3v) is 7.95. The summed E-state index contributed by atoms with van der Waals surface area (Å²) in [5.74, 6) is 0.510. The topological polar surface area (TPSA) is 43.1 Å². The molecule has 0 unspecified atom stereocenters. The van der Waals surface area contributed by atoms with Gasteiger partial charge in [0.1, 0.15) is 10.7 Å². The lowest BCUT2D eigenvalue weighted by molar-refractivity contribution is 0.638. The Morgan fingerprint density at radius 2 is 1.75 bits per heavy atom. The summed E-state index contributed by atoms with van der Waals surface area (Å²) >= 11 is 3.50. The van der Waals surface area contributed by atoms with Gasteiger partial charge in [0.05, 0.1) is 21.1 Å². The molecule has 28 heavy (non-hydrogen) atoms. The Bertz CT molecular complexity index is 1130. The van der Waals surface area contributed by atoms with Crippen LogP contribution in [-0.2, 0) is 0 Å². The predicted molar refractivity (Wildman–Crippen MR) is 120 cm³/mol. The van der Waals surface area contributed by atoms with E-state index in [1.807, 2.05) is 22.9 Å². The quantitative estimate of drug-likeness (QED) is 0.367. The summed E-state index contributed by atoms with van der Waals surface area (Å²) in [4.78, 5) is 12.0. The normalized spacial score (nSPS) is 11.8. The molecule has 0 fully saturated rings. The number of hydrogen-bond acceptors (Lipinski definition) is 5. The number of aromatic nitrogens is 4. The molecule has 0 amide bonds. The maximum atomic E-state index is 4.98. The smallest absolute Gasteiger partial charge is 0.158 e. The molecule has 0 bridgehead atoms. The van der Waals surface area contributed by atoms with Crippen molar-refractivity contribution in [1.82, 2.24) is 19.6 Å². The maximum Gasteiger partial charge on any atom is 0.158 e. The van der Waals surface area contributed by atoms with Gasteiger partial charge in [-0.15, -0.1) is 22.7 Å². The van der Waals surface area contributed by atoms with Crippen molar-refractivity contribution >= 4 is 28.3 Å². The first-order valence-electron chi connectivity index (χ1n) is 9.83. The van der Waals surface area contributed by atoms with E-state index < -0.39 is 0 Å². The number of nitrogens with zero attached hydrogens (tertiary/aromatic N) is 4. The van der Waals surface area contributed by atoms with Gasteiger partial charge in [0.2, 0.25) is 0 Å². The maximum absolute atomic E-state index is 4.98. The minimum Gasteiger partial charge on any atom is -0.244 e. The van der Waals surface area contributed by atoms with E-state index in [2.05, 4.69) is 57.1 Å². The van der Waals surface area contributed by atoms with Crippen molar-refractivity contribution in [3.8, 4) is 20.5 Å². The summed E-state index contributed by atoms with van der Waals surface area (Å²) in [6.07, 6.45) is 4.10. The van der Waals surface area contributed by atoms with E-state index >= 15 is 0 Å². The van der Waals surface area contributed by atoms with Gasteiger partial charge < -0.3 is 0 Å². The summed E-state index contributed by atoms with van der Waals surface area (Å²) in [6.45, 7) is 13.1. The summed E-state index contributed by atoms with van der Waals surface area (Å²) < 4.78 is 2.09. The molecular weight excluding hydrogens is 384 g/mol. The molecule has 4 aromatic rings. The highest BCUT2D eigenvalue weighted by atomic mass is 32.1. The summed E-state index contributed by atoms with van der Waals surface area (Å²) in [5.41, 5.74) is 8.13. The Morgan fingerprint density at radius 1 is 1.04 bits per heavy atom. The molecule has 0 spiro atoms. The highest BCUT2D eigenvalue weighted by Crippen LogP contribution is 2.43. The molecule has 4 aromatic heterocycles. The lowest BCUT2D eigenvalue weighted by Gasteiger charge is -2.14. The van der Waals surface area contributed by atoms with Gasteiger partial charge in [-0.25, -0.2) is 14.5 Å². The molecule has 0 aliphatic carbocycles. The van der Waals surface area contributed by atoms with Crippen LogP contribution in [0.5, 0.6) is 0 Å². The number of hydrogen-bond donors (Lipinski definition) is 0. The van der Waals surface area contributed by atoms with Gasteiger partial charge in [-0.05, 0) is 63.6 Å². The van der Waals surface area contributed by atoms with E-state index in [0.29, 0.717) is 5.92 Å². The first kappa shape index (κ1) is 19.3. The zero-order valence-electron chi connectivity index (χ0n) is 17.3. The van der Waals surface area contributed by atoms with Crippen molar-refractivity contribution in [2.75, 3.05) is 0 Å². The van der Waals surface area contributed by atoms with Crippen LogP contribution in [0.4, 0.5) is 0 Å². The van der Waals surface area contributed by atoms with Gasteiger partial charge in [-0.2, -0.15) is 5.10 Å². The van der Waals surface area contributed by atoms with Crippen LogP contribution in [-0.4, -0.2) is 19.6 Å². The van der Waals surface area contributed by atoms with E-state index in [1.165, 1.54) is 26.4 Å². The number of thiazole rings is 1. The Morgan fingerprint density at radius 3 is 2.39 bits per heavy atom. The Hall–Kier alpha value is -2.05. The minimum atomic E-state index is 0.510. The van der Waals surface area contributed by atoms with Crippen LogP contribution in [0.1, 0.15) is 60.7 Å². The molecular formula is C22H26N4S2. The van der Waals surface area contributed by atoms with Crippen LogP contribution in [0.2, 0.25) is 0 Å². The number of fused-ring (bicyclic) bond motifs is 1. The van der Waals surface area contributed by atoms with Crippen LogP contribution in [0.15, 0.2) is 17.6 Å². The van der Waals surface area contributed by atoms with Gasteiger partial charge in [0, 0.05) is 17.1 Å². The SMILES string of the molecule is CCC(CC)c1cc(C)nn2c(-c3sc(-c4nccs4)c(C)c3C)c(C)nc12. The second-order valence-electron chi connectivity index (χ2n) is 7.38. The molecule has 0 aliphatic heterocycles. The van der Waals surface area contributed by atoms with Crippen LogP contribution in [0.3, 0.4) is 0 Å². The summed E-state index contributed by atoms with van der Waals surface area (Å²) in [6, 6.07) is 2.22. The molecule has 4 rings (SSSR count). The van der Waals surface area contributed by atoms with Crippen LogP contribution < -0.4 is 0 Å². The minimum absolute atomic E-state index is 0.510. The average molecular weight is 411 g/mol. The highest BCUT2D eigenvalue weighted by molar-refractivity contribution is 7.23. The second-order valence-corrected chi connectivity index (χ2v) is 9.30. The van der Waals surface area contributed by atoms with E-state index in [0.717, 1.165) is 40.6 Å². The van der Waals surface area contributed by atoms with E-state index in [-0.39, 0.29) is 0 Å². The summed E-state index contributed by atoms with van der Waals surface area (Å²) in [5, 5.41) is 8.00. The molecule has 6 heteroatoms. The van der Waals surface area contributed by atoms with Crippen molar-refractivity contribution in [2.24, 2.45) is 0 Å². The Labute approximate surface area is 174 Å². The van der Waals surface area contributed by atoms with Crippen LogP contribution in [0, 0.1) is 27.7 Å².